The number of fused-ring (bicyclic) bond motifs is 1. The number of benzene rings is 1. The Kier molecular flexibility index (Phi) is 3.58. The van der Waals surface area contributed by atoms with Gasteiger partial charge in [-0.25, -0.2) is 4.98 Å². The zero-order valence-electron chi connectivity index (χ0n) is 13.5. The van der Waals surface area contributed by atoms with Crippen LogP contribution in [0.15, 0.2) is 58.0 Å². The van der Waals surface area contributed by atoms with E-state index in [-0.39, 0.29) is 6.01 Å². The fourth-order valence-electron chi connectivity index (χ4n) is 2.62. The highest BCUT2D eigenvalue weighted by Gasteiger charge is 2.14. The Bertz CT molecular complexity index is 1230. The number of H-pyrrole nitrogens is 1. The van der Waals surface area contributed by atoms with Crippen molar-refractivity contribution in [3.8, 4) is 23.0 Å². The second kappa shape index (κ2) is 6.22. The molecule has 0 amide bonds. The number of pyridine rings is 1. The highest BCUT2D eigenvalue weighted by molar-refractivity contribution is 6.38. The Balaban J connectivity index is 1.44. The minimum Gasteiger partial charge on any atom is -0.443 e. The molecule has 9 nitrogen and oxygen atoms in total. The van der Waals surface area contributed by atoms with Crippen LogP contribution in [0.2, 0.25) is 5.02 Å². The molecular formula is C17H10ClN7O2. The predicted molar refractivity (Wildman–Crippen MR) is 97.4 cm³/mol. The number of aromatic nitrogens is 6. The van der Waals surface area contributed by atoms with E-state index in [4.69, 9.17) is 20.4 Å². The molecule has 132 valence electrons. The monoisotopic (exact) mass is 379 g/mol. The summed E-state index contributed by atoms with van der Waals surface area (Å²) >= 11 is 6.40. The van der Waals surface area contributed by atoms with E-state index >= 15 is 0 Å². The van der Waals surface area contributed by atoms with Gasteiger partial charge in [-0.1, -0.05) is 16.7 Å². The average Bonchev–Trinajstić information content (AvgIpc) is 3.46. The second-order valence-corrected chi connectivity index (χ2v) is 5.94. The van der Waals surface area contributed by atoms with E-state index in [1.165, 1.54) is 6.26 Å². The summed E-state index contributed by atoms with van der Waals surface area (Å²) in [5.74, 6) is 0.739. The number of oxazole rings is 1. The molecule has 0 fully saturated rings. The van der Waals surface area contributed by atoms with Gasteiger partial charge in [0.25, 0.3) is 0 Å². The first-order chi connectivity index (χ1) is 13.3. The van der Waals surface area contributed by atoms with Crippen molar-refractivity contribution in [3.63, 3.8) is 0 Å². The maximum atomic E-state index is 6.40. The highest BCUT2D eigenvalue weighted by Crippen LogP contribution is 2.32. The minimum absolute atomic E-state index is 0.212. The number of nitrogens with one attached hydrogen (secondary N) is 2. The van der Waals surface area contributed by atoms with Gasteiger partial charge in [0.2, 0.25) is 11.8 Å². The summed E-state index contributed by atoms with van der Waals surface area (Å²) in [5, 5.41) is 19.3. The third-order valence-electron chi connectivity index (χ3n) is 3.88. The maximum Gasteiger partial charge on any atom is 0.320 e. The maximum absolute atomic E-state index is 6.40. The molecule has 0 aliphatic rings. The van der Waals surface area contributed by atoms with Gasteiger partial charge in [0.1, 0.15) is 12.0 Å². The Morgan fingerprint density at radius 2 is 2.00 bits per heavy atom. The number of aromatic amines is 1. The fraction of sp³-hybridized carbons (Fsp3) is 0. The van der Waals surface area contributed by atoms with Crippen LogP contribution in [0.3, 0.4) is 0 Å². The van der Waals surface area contributed by atoms with Gasteiger partial charge in [0.05, 0.1) is 28.6 Å². The van der Waals surface area contributed by atoms with Crippen LogP contribution in [0, 0.1) is 0 Å². The molecular weight excluding hydrogens is 370 g/mol. The Hall–Kier alpha value is -3.72. The molecule has 2 N–H and O–H groups in total. The average molecular weight is 380 g/mol. The van der Waals surface area contributed by atoms with E-state index in [0.717, 1.165) is 10.9 Å². The quantitative estimate of drug-likeness (QED) is 0.479. The molecule has 27 heavy (non-hydrogen) atoms. The van der Waals surface area contributed by atoms with Gasteiger partial charge in [-0.15, -0.1) is 5.10 Å². The van der Waals surface area contributed by atoms with Crippen LogP contribution < -0.4 is 5.32 Å². The number of anilines is 2. The van der Waals surface area contributed by atoms with Crippen molar-refractivity contribution in [1.82, 2.24) is 30.4 Å². The van der Waals surface area contributed by atoms with Crippen molar-refractivity contribution < 1.29 is 8.83 Å². The summed E-state index contributed by atoms with van der Waals surface area (Å²) in [4.78, 5) is 8.31. The normalized spacial score (nSPS) is 11.1. The van der Waals surface area contributed by atoms with Crippen molar-refractivity contribution in [2.75, 3.05) is 5.32 Å². The van der Waals surface area contributed by atoms with Gasteiger partial charge in [-0.3, -0.25) is 10.1 Å². The van der Waals surface area contributed by atoms with Crippen molar-refractivity contribution in [1.29, 1.82) is 0 Å². The number of rotatable bonds is 4. The second-order valence-electron chi connectivity index (χ2n) is 5.56. The van der Waals surface area contributed by atoms with Gasteiger partial charge in [-0.2, -0.15) is 5.10 Å². The molecule has 0 aliphatic carbocycles. The molecule has 1 aromatic carbocycles. The molecule has 0 saturated carbocycles. The molecule has 5 rings (SSSR count). The van der Waals surface area contributed by atoms with Gasteiger partial charge in [0.15, 0.2) is 0 Å². The van der Waals surface area contributed by atoms with Crippen LogP contribution in [0.1, 0.15) is 0 Å². The van der Waals surface area contributed by atoms with Crippen molar-refractivity contribution >= 4 is 34.2 Å². The zero-order valence-corrected chi connectivity index (χ0v) is 14.3. The molecule has 0 unspecified atom stereocenters. The van der Waals surface area contributed by atoms with Crippen molar-refractivity contribution in [2.24, 2.45) is 0 Å². The number of hydrogen-bond donors (Lipinski definition) is 2. The Morgan fingerprint density at radius 1 is 1.04 bits per heavy atom. The number of hydrogen-bond acceptors (Lipinski definition) is 8. The SMILES string of the molecule is Clc1c(Nc2nnc(-c3ccnc(-c4ncco4)c3)o2)ccc2[nH]ncc12. The highest BCUT2D eigenvalue weighted by atomic mass is 35.5. The van der Waals surface area contributed by atoms with E-state index < -0.39 is 0 Å². The summed E-state index contributed by atoms with van der Waals surface area (Å²) in [6, 6.07) is 7.39. The van der Waals surface area contributed by atoms with Gasteiger partial charge < -0.3 is 14.2 Å². The lowest BCUT2D eigenvalue weighted by molar-refractivity contribution is 0.571. The molecule has 0 spiro atoms. The Morgan fingerprint density at radius 3 is 2.89 bits per heavy atom. The summed E-state index contributed by atoms with van der Waals surface area (Å²) in [6.45, 7) is 0. The van der Waals surface area contributed by atoms with E-state index in [1.807, 2.05) is 6.07 Å². The smallest absolute Gasteiger partial charge is 0.320 e. The predicted octanol–water partition coefficient (Wildman–Crippen LogP) is 4.06. The zero-order chi connectivity index (χ0) is 18.2. The third kappa shape index (κ3) is 2.79. The number of halogens is 1. The summed E-state index contributed by atoms with van der Waals surface area (Å²) in [6.07, 6.45) is 6.32. The van der Waals surface area contributed by atoms with E-state index in [1.54, 1.807) is 36.8 Å². The van der Waals surface area contributed by atoms with Crippen LogP contribution in [0.5, 0.6) is 0 Å². The van der Waals surface area contributed by atoms with Crippen LogP contribution in [-0.4, -0.2) is 30.4 Å². The summed E-state index contributed by atoms with van der Waals surface area (Å²) in [5.41, 5.74) is 2.73. The van der Waals surface area contributed by atoms with Gasteiger partial charge >= 0.3 is 6.01 Å². The standard InChI is InChI=1S/C17H10ClN7O2/c18-14-10-8-21-23-11(10)1-2-12(14)22-17-25-24-15(27-17)9-3-4-19-13(7-9)16-20-5-6-26-16/h1-8H,(H,21,23)(H,22,25). The molecule has 0 aliphatic heterocycles. The molecule has 0 radical (unpaired) electrons. The third-order valence-corrected chi connectivity index (χ3v) is 4.29. The van der Waals surface area contributed by atoms with Gasteiger partial charge in [-0.05, 0) is 24.3 Å². The molecule has 0 bridgehead atoms. The molecule has 0 saturated heterocycles. The summed E-state index contributed by atoms with van der Waals surface area (Å²) < 4.78 is 11.0. The minimum atomic E-state index is 0.212. The van der Waals surface area contributed by atoms with Crippen LogP contribution in [0.4, 0.5) is 11.7 Å². The number of nitrogens with zero attached hydrogens (tertiary/aromatic N) is 5. The lowest BCUT2D eigenvalue weighted by Crippen LogP contribution is -1.91. The van der Waals surface area contributed by atoms with Crippen LogP contribution >= 0.6 is 11.6 Å². The first-order valence-corrected chi connectivity index (χ1v) is 8.24. The Labute approximate surface area is 156 Å². The molecule has 5 aromatic rings. The molecule has 4 heterocycles. The lowest BCUT2D eigenvalue weighted by Gasteiger charge is -2.04. The fourth-order valence-corrected chi connectivity index (χ4v) is 2.88. The molecule has 10 heteroatoms. The van der Waals surface area contributed by atoms with E-state index in [2.05, 4.69) is 35.7 Å². The lowest BCUT2D eigenvalue weighted by atomic mass is 10.2. The first kappa shape index (κ1) is 15.5. The van der Waals surface area contributed by atoms with E-state index in [0.29, 0.717) is 33.7 Å². The van der Waals surface area contributed by atoms with Crippen LogP contribution in [-0.2, 0) is 0 Å². The van der Waals surface area contributed by atoms with Gasteiger partial charge in [0, 0.05) is 17.1 Å². The van der Waals surface area contributed by atoms with Crippen molar-refractivity contribution in [2.45, 2.75) is 0 Å². The molecule has 0 atom stereocenters. The van der Waals surface area contributed by atoms with Crippen LogP contribution in [0.25, 0.3) is 33.9 Å². The van der Waals surface area contributed by atoms with E-state index in [9.17, 15) is 0 Å². The molecule has 4 aromatic heterocycles. The largest absolute Gasteiger partial charge is 0.443 e. The first-order valence-electron chi connectivity index (χ1n) is 7.86. The topological polar surface area (TPSA) is 119 Å². The van der Waals surface area contributed by atoms with Crippen molar-refractivity contribution in [3.05, 3.63) is 54.1 Å². The summed E-state index contributed by atoms with van der Waals surface area (Å²) in [7, 11) is 0.